The highest BCUT2D eigenvalue weighted by atomic mass is 32.1. The van der Waals surface area contributed by atoms with E-state index in [4.69, 9.17) is 28.9 Å². The van der Waals surface area contributed by atoms with Crippen molar-refractivity contribution in [1.82, 2.24) is 0 Å². The summed E-state index contributed by atoms with van der Waals surface area (Å²) < 4.78 is 26.0. The van der Waals surface area contributed by atoms with E-state index >= 15 is 28.8 Å². The SMILES string of the molecule is O=C1C(=NC2=CC3=C(c4sc5cc(N=C6C(=O)C7CC8CCCCC8CC7C6=O)sc5c4C3(C(=O)OCc3ccccc3)C(=O)OCc3ccccc3)C2(C(=O)OCc2ccccc2)C(=O)OCc2ccccc2)C(=O)C2CC3CCCCC3CC12. The maximum absolute atomic E-state index is 16.2. The molecule has 0 bridgehead atoms. The quantitative estimate of drug-likeness (QED) is 0.0569. The first-order valence-electron chi connectivity index (χ1n) is 30.2. The first-order chi connectivity index (χ1) is 41.9. The van der Waals surface area contributed by atoms with Gasteiger partial charge < -0.3 is 18.9 Å². The second kappa shape index (κ2) is 22.6. The number of ketones is 4. The lowest BCUT2D eigenvalue weighted by Gasteiger charge is -2.39. The van der Waals surface area contributed by atoms with Crippen molar-refractivity contribution in [3.63, 3.8) is 0 Å². The number of nitrogens with zero attached hydrogens (tertiary/aromatic N) is 2. The van der Waals surface area contributed by atoms with E-state index in [0.29, 0.717) is 69.2 Å². The van der Waals surface area contributed by atoms with Gasteiger partial charge in [-0.1, -0.05) is 173 Å². The molecule has 16 heteroatoms. The molecule has 0 amide bonds. The van der Waals surface area contributed by atoms with Crippen LogP contribution < -0.4 is 0 Å². The molecule has 2 heterocycles. The van der Waals surface area contributed by atoms with Crippen LogP contribution in [0.3, 0.4) is 0 Å². The number of hydrogen-bond acceptors (Lipinski definition) is 16. The predicted molar refractivity (Wildman–Crippen MR) is 322 cm³/mol. The van der Waals surface area contributed by atoms with Gasteiger partial charge in [0.25, 0.3) is 0 Å². The van der Waals surface area contributed by atoms with Gasteiger partial charge in [0.1, 0.15) is 37.1 Å². The number of ether oxygens (including phenoxy) is 4. The fourth-order valence-corrected chi connectivity index (χ4v) is 18.3. The lowest BCUT2D eigenvalue weighted by atomic mass is 9.64. The van der Waals surface area contributed by atoms with Crippen LogP contribution in [-0.2, 0) is 89.1 Å². The molecule has 6 fully saturated rings. The van der Waals surface area contributed by atoms with Gasteiger partial charge in [-0.2, -0.15) is 0 Å². The number of esters is 4. The molecule has 86 heavy (non-hydrogen) atoms. The molecule has 0 spiro atoms. The minimum atomic E-state index is -2.82. The molecule has 8 unspecified atom stereocenters. The van der Waals surface area contributed by atoms with Crippen molar-refractivity contribution in [3.05, 3.63) is 177 Å². The monoisotopic (exact) mass is 1190 g/mol. The van der Waals surface area contributed by atoms with Gasteiger partial charge in [-0.05, 0) is 89.3 Å². The lowest BCUT2D eigenvalue weighted by molar-refractivity contribution is -0.167. The van der Waals surface area contributed by atoms with E-state index in [2.05, 4.69) is 0 Å². The molecule has 0 N–H and O–H groups in total. The number of carbonyl (C=O) groups excluding carboxylic acids is 8. The third-order valence-electron chi connectivity index (χ3n) is 19.8. The van der Waals surface area contributed by atoms with Crippen LogP contribution in [-0.4, -0.2) is 58.4 Å². The lowest BCUT2D eigenvalue weighted by Crippen LogP contribution is -2.46. The molecule has 0 radical (unpaired) electrons. The average molecular weight is 1190 g/mol. The Kier molecular flexibility index (Phi) is 14.7. The predicted octanol–water partition coefficient (Wildman–Crippen LogP) is 12.3. The molecule has 8 aliphatic rings. The highest BCUT2D eigenvalue weighted by Gasteiger charge is 2.71. The highest BCUT2D eigenvalue weighted by Crippen LogP contribution is 2.67. The number of thiophene rings is 2. The van der Waals surface area contributed by atoms with Crippen LogP contribution in [0.4, 0.5) is 5.00 Å². The molecule has 436 valence electrons. The number of allylic oxidation sites excluding steroid dienone is 1. The van der Waals surface area contributed by atoms with E-state index in [1.165, 1.54) is 6.08 Å². The molecule has 6 saturated carbocycles. The Morgan fingerprint density at radius 3 is 1.17 bits per heavy atom. The van der Waals surface area contributed by atoms with Gasteiger partial charge >= 0.3 is 23.9 Å². The van der Waals surface area contributed by atoms with Gasteiger partial charge in [0.05, 0.1) is 10.4 Å². The van der Waals surface area contributed by atoms with Crippen molar-refractivity contribution in [2.75, 3.05) is 0 Å². The van der Waals surface area contributed by atoms with Crippen molar-refractivity contribution in [1.29, 1.82) is 0 Å². The standard InChI is InChI=1S/C70H62N2O12S2/c73-59-47-29-43-25-13-14-26-44(43)30-48(47)60(74)57(59)71-53-33-51-55(70(53,67(79)83-37-41-21-9-3-10-22-41)68(80)84-38-42-23-11-4-12-24-42)64-56(69(51,65(77)81-35-39-17-5-1-6-18-39)66(78)82-36-40-19-7-2-8-20-40)63-52(85-64)34-54(86-63)72-58-61(75)49-31-45-27-15-16-28-46(45)32-50(49)62(58)76/h1-12,17-24,33-34,43-50H,13-16,25-32,35-38H2. The molecule has 6 aromatic rings. The third-order valence-corrected chi connectivity index (χ3v) is 22.1. The molecule has 0 saturated heterocycles. The fraction of sp³-hybridized carbons (Fsp3) is 0.371. The molecule has 2 aromatic heterocycles. The zero-order valence-electron chi connectivity index (χ0n) is 47.2. The number of Topliss-reactive ketones (excluding diaryl/α,β-unsaturated/α-hetero) is 4. The number of fused-ring (bicyclic) bond motifs is 8. The van der Waals surface area contributed by atoms with E-state index in [-0.39, 0.29) is 82.1 Å². The Morgan fingerprint density at radius 2 is 0.802 bits per heavy atom. The second-order valence-electron chi connectivity index (χ2n) is 24.5. The van der Waals surface area contributed by atoms with E-state index in [1.54, 1.807) is 115 Å². The summed E-state index contributed by atoms with van der Waals surface area (Å²) in [6.45, 7) is -1.37. The Labute approximate surface area is 504 Å². The van der Waals surface area contributed by atoms with E-state index in [0.717, 1.165) is 74.0 Å². The molecular weight excluding hydrogens is 1120 g/mol. The Hall–Kier alpha value is -8.08. The summed E-state index contributed by atoms with van der Waals surface area (Å²) in [6.07, 6.45) is 11.8. The molecule has 14 nitrogen and oxygen atoms in total. The fourth-order valence-electron chi connectivity index (χ4n) is 15.6. The molecule has 8 aliphatic carbocycles. The normalized spacial score (nSPS) is 25.7. The average Bonchev–Trinajstić information content (AvgIpc) is 1.50. The Morgan fingerprint density at radius 1 is 0.453 bits per heavy atom. The zero-order chi connectivity index (χ0) is 58.8. The van der Waals surface area contributed by atoms with Gasteiger partial charge in [-0.25, -0.2) is 9.98 Å². The summed E-state index contributed by atoms with van der Waals surface area (Å²) in [5.74, 6) is -7.18. The van der Waals surface area contributed by atoms with Crippen LogP contribution in [0.1, 0.15) is 110 Å². The Bertz CT molecular complexity index is 3740. The summed E-state index contributed by atoms with van der Waals surface area (Å²) in [6, 6.07) is 37.0. The molecule has 8 atom stereocenters. The minimum Gasteiger partial charge on any atom is -0.459 e. The molecule has 14 rings (SSSR count). The summed E-state index contributed by atoms with van der Waals surface area (Å²) in [5, 5.41) is 0.260. The zero-order valence-corrected chi connectivity index (χ0v) is 48.9. The van der Waals surface area contributed by atoms with Crippen LogP contribution in [0.5, 0.6) is 0 Å². The van der Waals surface area contributed by atoms with Gasteiger partial charge in [0.2, 0.25) is 10.8 Å². The molecular formula is C70H62N2O12S2. The second-order valence-corrected chi connectivity index (χ2v) is 26.6. The van der Waals surface area contributed by atoms with Gasteiger partial charge in [0.15, 0.2) is 28.8 Å². The van der Waals surface area contributed by atoms with E-state index in [9.17, 15) is 9.59 Å². The van der Waals surface area contributed by atoms with Crippen molar-refractivity contribution in [2.45, 2.75) is 109 Å². The van der Waals surface area contributed by atoms with Gasteiger partial charge in [-0.15, -0.1) is 22.7 Å². The van der Waals surface area contributed by atoms with Crippen molar-refractivity contribution < 1.29 is 57.3 Å². The third kappa shape index (κ3) is 9.31. The van der Waals surface area contributed by atoms with Crippen LogP contribution in [0, 0.1) is 52.8 Å². The Balaban J connectivity index is 0.983. The van der Waals surface area contributed by atoms with Gasteiger partial charge in [-0.3, -0.25) is 38.4 Å². The number of hydrogen-bond donors (Lipinski definition) is 0. The molecule has 4 aromatic carbocycles. The summed E-state index contributed by atoms with van der Waals surface area (Å²) >= 11 is 2.09. The first-order valence-corrected chi connectivity index (χ1v) is 31.8. The largest absolute Gasteiger partial charge is 0.459 e. The summed E-state index contributed by atoms with van der Waals surface area (Å²) in [5.41, 5.74) is -4.63. The number of carbonyl (C=O) groups is 8. The van der Waals surface area contributed by atoms with E-state index in [1.807, 2.05) is 12.1 Å². The minimum absolute atomic E-state index is 0.0117. The summed E-state index contributed by atoms with van der Waals surface area (Å²) in [7, 11) is 0. The molecule has 0 aliphatic heterocycles. The van der Waals surface area contributed by atoms with Crippen LogP contribution in [0.15, 0.2) is 155 Å². The summed E-state index contributed by atoms with van der Waals surface area (Å²) in [4.78, 5) is 133. The number of benzene rings is 4. The van der Waals surface area contributed by atoms with Crippen molar-refractivity contribution in [3.8, 4) is 0 Å². The number of rotatable bonds is 14. The van der Waals surface area contributed by atoms with E-state index < -0.39 is 81.4 Å². The smallest absolute Gasteiger partial charge is 0.334 e. The van der Waals surface area contributed by atoms with Crippen molar-refractivity contribution in [2.24, 2.45) is 62.7 Å². The van der Waals surface area contributed by atoms with Crippen molar-refractivity contribution >= 4 is 101 Å². The number of aliphatic imine (C=N–C) groups is 2. The van der Waals surface area contributed by atoms with Crippen LogP contribution >= 0.6 is 22.7 Å². The highest BCUT2D eigenvalue weighted by molar-refractivity contribution is 7.30. The van der Waals surface area contributed by atoms with Crippen LogP contribution in [0.2, 0.25) is 0 Å². The maximum Gasteiger partial charge on any atom is 0.334 e. The maximum atomic E-state index is 16.2. The first kappa shape index (κ1) is 55.8. The van der Waals surface area contributed by atoms with Gasteiger partial charge in [0, 0.05) is 44.4 Å². The van der Waals surface area contributed by atoms with Crippen LogP contribution in [0.25, 0.3) is 15.0 Å². The topological polar surface area (TPSA) is 198 Å².